The van der Waals surface area contributed by atoms with E-state index in [0.29, 0.717) is 0 Å². The van der Waals surface area contributed by atoms with Gasteiger partial charge in [0.05, 0.1) is 11.3 Å². The first-order chi connectivity index (χ1) is 12.2. The second kappa shape index (κ2) is 6.32. The van der Waals surface area contributed by atoms with Gasteiger partial charge in [-0.3, -0.25) is 9.35 Å². The number of anilines is 2. The maximum atomic E-state index is 12.6. The Morgan fingerprint density at radius 3 is 2.54 bits per heavy atom. The fraction of sp³-hybridized carbons (Fsp3) is 0.0556. The van der Waals surface area contributed by atoms with Gasteiger partial charge in [0, 0.05) is 16.5 Å². The number of hydrogen-bond acceptors (Lipinski definition) is 5. The molecule has 0 radical (unpaired) electrons. The monoisotopic (exact) mass is 372 g/mol. The molecular weight excluding hydrogens is 356 g/mol. The summed E-state index contributed by atoms with van der Waals surface area (Å²) in [7, 11) is -4.57. The first kappa shape index (κ1) is 17.7. The number of nitrogen functional groups attached to an aromatic ring is 1. The van der Waals surface area contributed by atoms with Crippen LogP contribution >= 0.6 is 0 Å². The lowest BCUT2D eigenvalue weighted by atomic mass is 10.1. The lowest BCUT2D eigenvalue weighted by Crippen LogP contribution is -2.15. The van der Waals surface area contributed by atoms with Crippen molar-refractivity contribution in [2.45, 2.75) is 11.8 Å². The molecule has 0 aliphatic rings. The van der Waals surface area contributed by atoms with E-state index in [0.717, 1.165) is 5.56 Å². The van der Waals surface area contributed by atoms with Gasteiger partial charge in [0.15, 0.2) is 0 Å². The number of nitrogens with two attached hydrogens (primary N) is 1. The van der Waals surface area contributed by atoms with E-state index >= 15 is 0 Å². The van der Waals surface area contributed by atoms with Crippen molar-refractivity contribution >= 4 is 38.2 Å². The predicted octanol–water partition coefficient (Wildman–Crippen LogP) is 2.94. The number of aromatic hydroxyl groups is 1. The lowest BCUT2D eigenvalue weighted by Gasteiger charge is -2.13. The number of nitrogens with one attached hydrogen (secondary N) is 1. The van der Waals surface area contributed by atoms with Crippen molar-refractivity contribution in [2.75, 3.05) is 11.1 Å². The molecule has 0 heterocycles. The Kier molecular flexibility index (Phi) is 4.31. The molecule has 0 unspecified atom stereocenters. The molecule has 0 aromatic heterocycles. The quantitative estimate of drug-likeness (QED) is 0.318. The number of phenols is 1. The standard InChI is InChI=1S/C18H16N2O5S/c1-10-5-6-13(19)12(9-10)18(22)20-14-7-8-15(21)11-3-2-4-16(17(11)14)26(23,24)25/h2-9,21H,19H2,1H3,(H,20,22)(H,23,24,25). The average Bonchev–Trinajstić information content (AvgIpc) is 2.58. The molecular formula is C18H16N2O5S. The molecule has 7 nitrogen and oxygen atoms in total. The van der Waals surface area contributed by atoms with Crippen LogP contribution in [0.1, 0.15) is 15.9 Å². The number of hydrogen-bond donors (Lipinski definition) is 4. The van der Waals surface area contributed by atoms with Crippen molar-refractivity contribution in [1.29, 1.82) is 0 Å². The molecule has 0 bridgehead atoms. The molecule has 0 atom stereocenters. The van der Waals surface area contributed by atoms with Gasteiger partial charge in [0.1, 0.15) is 10.6 Å². The molecule has 0 aliphatic heterocycles. The Bertz CT molecular complexity index is 1140. The van der Waals surface area contributed by atoms with Gasteiger partial charge in [-0.2, -0.15) is 8.42 Å². The van der Waals surface area contributed by atoms with E-state index in [4.69, 9.17) is 5.73 Å². The van der Waals surface area contributed by atoms with E-state index < -0.39 is 20.9 Å². The van der Waals surface area contributed by atoms with E-state index in [1.54, 1.807) is 18.2 Å². The fourth-order valence-electron chi connectivity index (χ4n) is 2.73. The smallest absolute Gasteiger partial charge is 0.295 e. The molecule has 8 heteroatoms. The summed E-state index contributed by atoms with van der Waals surface area (Å²) in [5, 5.41) is 12.8. The van der Waals surface area contributed by atoms with Gasteiger partial charge >= 0.3 is 0 Å². The molecule has 3 rings (SSSR count). The van der Waals surface area contributed by atoms with Gasteiger partial charge in [-0.1, -0.05) is 23.8 Å². The third-order valence-corrected chi connectivity index (χ3v) is 4.85. The van der Waals surface area contributed by atoms with E-state index in [1.807, 2.05) is 6.92 Å². The van der Waals surface area contributed by atoms with Crippen molar-refractivity contribution < 1.29 is 22.9 Å². The molecule has 3 aromatic rings. The zero-order chi connectivity index (χ0) is 19.1. The summed E-state index contributed by atoms with van der Waals surface area (Å²) in [5.41, 5.74) is 7.30. The minimum atomic E-state index is -4.57. The van der Waals surface area contributed by atoms with Crippen LogP contribution in [0.2, 0.25) is 0 Å². The number of phenolic OH excluding ortho intramolecular Hbond substituents is 1. The maximum absolute atomic E-state index is 12.6. The van der Waals surface area contributed by atoms with E-state index in [2.05, 4.69) is 5.32 Å². The van der Waals surface area contributed by atoms with Gasteiger partial charge in [-0.05, 0) is 37.3 Å². The summed E-state index contributed by atoms with van der Waals surface area (Å²) in [5.74, 6) is -0.720. The van der Waals surface area contributed by atoms with Gasteiger partial charge in [0.2, 0.25) is 0 Å². The average molecular weight is 372 g/mol. The minimum Gasteiger partial charge on any atom is -0.507 e. The zero-order valence-electron chi connectivity index (χ0n) is 13.7. The Balaban J connectivity index is 2.18. The summed E-state index contributed by atoms with van der Waals surface area (Å²) in [4.78, 5) is 12.2. The highest BCUT2D eigenvalue weighted by Crippen LogP contribution is 2.35. The van der Waals surface area contributed by atoms with Gasteiger partial charge < -0.3 is 16.2 Å². The maximum Gasteiger partial charge on any atom is 0.295 e. The predicted molar refractivity (Wildman–Crippen MR) is 99.0 cm³/mol. The molecule has 26 heavy (non-hydrogen) atoms. The van der Waals surface area contributed by atoms with Crippen molar-refractivity contribution in [3.8, 4) is 5.75 Å². The Morgan fingerprint density at radius 1 is 1.12 bits per heavy atom. The lowest BCUT2D eigenvalue weighted by molar-refractivity contribution is 0.102. The summed E-state index contributed by atoms with van der Waals surface area (Å²) in [6, 6.07) is 11.7. The molecule has 0 saturated heterocycles. The van der Waals surface area contributed by atoms with Gasteiger partial charge in [-0.25, -0.2) is 0 Å². The van der Waals surface area contributed by atoms with Crippen LogP contribution in [0, 0.1) is 6.92 Å². The first-order valence-electron chi connectivity index (χ1n) is 7.58. The first-order valence-corrected chi connectivity index (χ1v) is 9.02. The summed E-state index contributed by atoms with van der Waals surface area (Å²) in [6.07, 6.45) is 0. The third kappa shape index (κ3) is 3.19. The van der Waals surface area contributed by atoms with Crippen molar-refractivity contribution in [3.05, 3.63) is 59.7 Å². The Hall–Kier alpha value is -3.10. The minimum absolute atomic E-state index is 0.00887. The van der Waals surface area contributed by atoms with Crippen molar-refractivity contribution in [1.82, 2.24) is 0 Å². The van der Waals surface area contributed by atoms with Crippen LogP contribution in [0.25, 0.3) is 10.8 Å². The van der Waals surface area contributed by atoms with Crippen LogP contribution in [0.5, 0.6) is 5.75 Å². The summed E-state index contributed by atoms with van der Waals surface area (Å²) >= 11 is 0. The molecule has 0 spiro atoms. The topological polar surface area (TPSA) is 130 Å². The Morgan fingerprint density at radius 2 is 1.85 bits per heavy atom. The van der Waals surface area contributed by atoms with Crippen LogP contribution in [-0.4, -0.2) is 24.0 Å². The molecule has 1 amide bonds. The largest absolute Gasteiger partial charge is 0.507 e. The molecule has 0 aliphatic carbocycles. The van der Waals surface area contributed by atoms with Crippen LogP contribution in [0.15, 0.2) is 53.4 Å². The molecule has 0 saturated carbocycles. The van der Waals surface area contributed by atoms with E-state index in [-0.39, 0.29) is 33.5 Å². The number of carbonyl (C=O) groups excluding carboxylic acids is 1. The van der Waals surface area contributed by atoms with Gasteiger partial charge in [-0.15, -0.1) is 0 Å². The van der Waals surface area contributed by atoms with Crippen LogP contribution in [0.3, 0.4) is 0 Å². The molecule has 3 aromatic carbocycles. The highest BCUT2D eigenvalue weighted by Gasteiger charge is 2.20. The van der Waals surface area contributed by atoms with Crippen LogP contribution < -0.4 is 11.1 Å². The number of aryl methyl sites for hydroxylation is 1. The van der Waals surface area contributed by atoms with Crippen molar-refractivity contribution in [3.63, 3.8) is 0 Å². The number of amides is 1. The Labute approximate surface area is 149 Å². The number of fused-ring (bicyclic) bond motifs is 1. The summed E-state index contributed by atoms with van der Waals surface area (Å²) < 4.78 is 32.9. The SMILES string of the molecule is Cc1ccc(N)c(C(=O)Nc2ccc(O)c3cccc(S(=O)(=O)O)c23)c1. The van der Waals surface area contributed by atoms with E-state index in [9.17, 15) is 22.9 Å². The number of benzene rings is 3. The second-order valence-corrected chi connectivity index (χ2v) is 7.22. The highest BCUT2D eigenvalue weighted by atomic mass is 32.2. The molecule has 5 N–H and O–H groups in total. The van der Waals surface area contributed by atoms with Crippen LogP contribution in [-0.2, 0) is 10.1 Å². The molecule has 134 valence electrons. The zero-order valence-corrected chi connectivity index (χ0v) is 14.5. The second-order valence-electron chi connectivity index (χ2n) is 5.83. The third-order valence-electron chi connectivity index (χ3n) is 3.96. The summed E-state index contributed by atoms with van der Waals surface area (Å²) in [6.45, 7) is 1.81. The van der Waals surface area contributed by atoms with Crippen LogP contribution in [0.4, 0.5) is 11.4 Å². The van der Waals surface area contributed by atoms with Gasteiger partial charge in [0.25, 0.3) is 16.0 Å². The van der Waals surface area contributed by atoms with E-state index in [1.165, 1.54) is 30.3 Å². The fourth-order valence-corrected chi connectivity index (χ4v) is 3.46. The molecule has 0 fully saturated rings. The number of carbonyl (C=O) groups is 1. The highest BCUT2D eigenvalue weighted by molar-refractivity contribution is 7.86. The number of rotatable bonds is 3. The normalized spacial score (nSPS) is 11.5. The van der Waals surface area contributed by atoms with Crippen molar-refractivity contribution in [2.24, 2.45) is 0 Å².